The van der Waals surface area contributed by atoms with Gasteiger partial charge in [0.15, 0.2) is 0 Å². The maximum Gasteiger partial charge on any atom is 0.222 e. The van der Waals surface area contributed by atoms with Crippen molar-refractivity contribution in [3.05, 3.63) is 0 Å². The van der Waals surface area contributed by atoms with Crippen LogP contribution >= 0.6 is 24.8 Å². The first-order valence-corrected chi connectivity index (χ1v) is 8.37. The summed E-state index contributed by atoms with van der Waals surface area (Å²) >= 11 is 0. The van der Waals surface area contributed by atoms with Crippen LogP contribution in [0.25, 0.3) is 0 Å². The molecule has 0 aromatic rings. The first kappa shape index (κ1) is 22.0. The monoisotopic (exact) mass is 353 g/mol. The number of carbonyl (C=O) groups is 1. The fraction of sp³-hybridized carbons (Fsp3) is 0.938. The summed E-state index contributed by atoms with van der Waals surface area (Å²) in [6, 6.07) is 0.785. The molecule has 0 spiro atoms. The second kappa shape index (κ2) is 11.5. The molecular weight excluding hydrogens is 321 g/mol. The van der Waals surface area contributed by atoms with E-state index in [0.717, 1.165) is 51.1 Å². The van der Waals surface area contributed by atoms with Crippen LogP contribution < -0.4 is 5.32 Å². The van der Waals surface area contributed by atoms with Crippen LogP contribution in [0.2, 0.25) is 0 Å². The fourth-order valence-corrected chi connectivity index (χ4v) is 3.52. The average molecular weight is 354 g/mol. The molecule has 1 aliphatic heterocycles. The highest BCUT2D eigenvalue weighted by Crippen LogP contribution is 2.27. The van der Waals surface area contributed by atoms with Crippen molar-refractivity contribution < 1.29 is 4.79 Å². The molecule has 1 heterocycles. The number of nitrogens with zero attached hydrogens (tertiary/aromatic N) is 2. The topological polar surface area (TPSA) is 35.6 Å². The Bertz CT molecular complexity index is 302. The van der Waals surface area contributed by atoms with Gasteiger partial charge in [0.2, 0.25) is 5.91 Å². The summed E-state index contributed by atoms with van der Waals surface area (Å²) in [5.74, 6) is 1.26. The Labute approximate surface area is 148 Å². The maximum absolute atomic E-state index is 12.1. The lowest BCUT2D eigenvalue weighted by molar-refractivity contribution is -0.133. The number of halogens is 2. The molecule has 2 rings (SSSR count). The zero-order valence-corrected chi connectivity index (χ0v) is 15.7. The van der Waals surface area contributed by atoms with Crippen LogP contribution in [0.15, 0.2) is 0 Å². The molecule has 1 amide bonds. The zero-order chi connectivity index (χ0) is 14.4. The lowest BCUT2D eigenvalue weighted by Gasteiger charge is -2.41. The van der Waals surface area contributed by atoms with Crippen molar-refractivity contribution in [1.82, 2.24) is 15.1 Å². The van der Waals surface area contributed by atoms with Gasteiger partial charge in [-0.1, -0.05) is 6.92 Å². The number of carbonyl (C=O) groups excluding carboxylic acids is 1. The van der Waals surface area contributed by atoms with E-state index in [1.165, 1.54) is 25.7 Å². The molecule has 0 radical (unpaired) electrons. The third kappa shape index (κ3) is 6.61. The van der Waals surface area contributed by atoms with Gasteiger partial charge in [-0.15, -0.1) is 24.8 Å². The molecule has 1 aliphatic carbocycles. The predicted octanol–water partition coefficient (Wildman–Crippen LogP) is 2.55. The van der Waals surface area contributed by atoms with Crippen LogP contribution in [0.3, 0.4) is 0 Å². The number of hydrogen-bond acceptors (Lipinski definition) is 3. The van der Waals surface area contributed by atoms with Gasteiger partial charge in [-0.05, 0) is 51.6 Å². The standard InChI is InChI=1S/C16H31N3O.2ClH/c1-14-5-7-15(8-6-14)18-10-12-19(13-11-18)16(20)4-3-9-17-2;;/h14-15,17H,3-13H2,1-2H3;2*1H. The van der Waals surface area contributed by atoms with E-state index < -0.39 is 0 Å². The fourth-order valence-electron chi connectivity index (χ4n) is 3.52. The van der Waals surface area contributed by atoms with Gasteiger partial charge in [-0.2, -0.15) is 0 Å². The van der Waals surface area contributed by atoms with Crippen molar-refractivity contribution in [3.8, 4) is 0 Å². The summed E-state index contributed by atoms with van der Waals surface area (Å²) in [7, 11) is 1.94. The van der Waals surface area contributed by atoms with Crippen LogP contribution in [0.5, 0.6) is 0 Å². The van der Waals surface area contributed by atoms with Crippen molar-refractivity contribution in [3.63, 3.8) is 0 Å². The Balaban J connectivity index is 0.00000220. The van der Waals surface area contributed by atoms with Gasteiger partial charge < -0.3 is 10.2 Å². The SMILES string of the molecule is CNCCCC(=O)N1CCN(C2CCC(C)CC2)CC1.Cl.Cl. The van der Waals surface area contributed by atoms with Crippen molar-refractivity contribution >= 4 is 30.7 Å². The van der Waals surface area contributed by atoms with Gasteiger partial charge in [0.1, 0.15) is 0 Å². The van der Waals surface area contributed by atoms with Gasteiger partial charge in [0.05, 0.1) is 0 Å². The van der Waals surface area contributed by atoms with E-state index in [1.54, 1.807) is 0 Å². The molecule has 2 aliphatic rings. The number of amides is 1. The summed E-state index contributed by atoms with van der Waals surface area (Å²) in [6.07, 6.45) is 7.13. The molecule has 2 fully saturated rings. The van der Waals surface area contributed by atoms with Crippen molar-refractivity contribution in [1.29, 1.82) is 0 Å². The number of hydrogen-bond donors (Lipinski definition) is 1. The normalized spacial score (nSPS) is 26.0. The Morgan fingerprint density at radius 1 is 1.05 bits per heavy atom. The third-order valence-electron chi connectivity index (χ3n) is 4.99. The predicted molar refractivity (Wildman–Crippen MR) is 97.2 cm³/mol. The quantitative estimate of drug-likeness (QED) is 0.771. The largest absolute Gasteiger partial charge is 0.340 e. The minimum atomic E-state index is 0. The molecule has 132 valence electrons. The molecule has 0 aromatic heterocycles. The zero-order valence-electron chi connectivity index (χ0n) is 14.1. The Hall–Kier alpha value is -0.0300. The average Bonchev–Trinajstić information content (AvgIpc) is 2.48. The van der Waals surface area contributed by atoms with Crippen LogP contribution in [-0.4, -0.2) is 61.5 Å². The molecule has 1 saturated heterocycles. The van der Waals surface area contributed by atoms with E-state index >= 15 is 0 Å². The molecule has 0 atom stereocenters. The van der Waals surface area contributed by atoms with Crippen LogP contribution in [0, 0.1) is 5.92 Å². The molecular formula is C16H33Cl2N3O. The molecule has 0 unspecified atom stereocenters. The van der Waals surface area contributed by atoms with E-state index in [0.29, 0.717) is 12.3 Å². The summed E-state index contributed by atoms with van der Waals surface area (Å²) in [5, 5.41) is 3.10. The highest BCUT2D eigenvalue weighted by Gasteiger charge is 2.28. The smallest absolute Gasteiger partial charge is 0.222 e. The molecule has 1 saturated carbocycles. The van der Waals surface area contributed by atoms with Crippen LogP contribution in [-0.2, 0) is 4.79 Å². The highest BCUT2D eigenvalue weighted by molar-refractivity contribution is 5.85. The van der Waals surface area contributed by atoms with E-state index in [2.05, 4.69) is 22.0 Å². The van der Waals surface area contributed by atoms with E-state index in [4.69, 9.17) is 0 Å². The van der Waals surface area contributed by atoms with Crippen molar-refractivity contribution in [2.24, 2.45) is 5.92 Å². The van der Waals surface area contributed by atoms with Gasteiger partial charge >= 0.3 is 0 Å². The molecule has 22 heavy (non-hydrogen) atoms. The number of rotatable bonds is 5. The maximum atomic E-state index is 12.1. The third-order valence-corrected chi connectivity index (χ3v) is 4.99. The lowest BCUT2D eigenvalue weighted by atomic mass is 9.86. The summed E-state index contributed by atoms with van der Waals surface area (Å²) < 4.78 is 0. The second-order valence-electron chi connectivity index (χ2n) is 6.54. The molecule has 1 N–H and O–H groups in total. The summed E-state index contributed by atoms with van der Waals surface area (Å²) in [6.45, 7) is 7.34. The van der Waals surface area contributed by atoms with Gasteiger partial charge in [0.25, 0.3) is 0 Å². The molecule has 4 nitrogen and oxygen atoms in total. The number of nitrogens with one attached hydrogen (secondary N) is 1. The Kier molecular flexibility index (Phi) is 11.5. The highest BCUT2D eigenvalue weighted by atomic mass is 35.5. The van der Waals surface area contributed by atoms with Gasteiger partial charge in [-0.25, -0.2) is 0 Å². The molecule has 0 bridgehead atoms. The Morgan fingerprint density at radius 3 is 2.18 bits per heavy atom. The first-order valence-electron chi connectivity index (χ1n) is 8.37. The molecule has 0 aromatic carbocycles. The van der Waals surface area contributed by atoms with E-state index in [9.17, 15) is 4.79 Å². The second-order valence-corrected chi connectivity index (χ2v) is 6.54. The number of piperazine rings is 1. The van der Waals surface area contributed by atoms with Crippen LogP contribution in [0.4, 0.5) is 0 Å². The lowest BCUT2D eigenvalue weighted by Crippen LogP contribution is -2.52. The van der Waals surface area contributed by atoms with Crippen molar-refractivity contribution in [2.75, 3.05) is 39.8 Å². The van der Waals surface area contributed by atoms with Crippen LogP contribution in [0.1, 0.15) is 45.4 Å². The van der Waals surface area contributed by atoms with Gasteiger partial charge in [-0.3, -0.25) is 9.69 Å². The minimum absolute atomic E-state index is 0. The van der Waals surface area contributed by atoms with Gasteiger partial charge in [0, 0.05) is 38.6 Å². The first-order chi connectivity index (χ1) is 9.70. The van der Waals surface area contributed by atoms with E-state index in [1.807, 2.05) is 7.05 Å². The van der Waals surface area contributed by atoms with Crippen molar-refractivity contribution in [2.45, 2.75) is 51.5 Å². The van der Waals surface area contributed by atoms with E-state index in [-0.39, 0.29) is 24.8 Å². The summed E-state index contributed by atoms with van der Waals surface area (Å²) in [5.41, 5.74) is 0. The summed E-state index contributed by atoms with van der Waals surface area (Å²) in [4.78, 5) is 16.8. The molecule has 6 heteroatoms. The Morgan fingerprint density at radius 2 is 1.64 bits per heavy atom. The minimum Gasteiger partial charge on any atom is -0.340 e.